The molecule has 30 heavy (non-hydrogen) atoms. The van der Waals surface area contributed by atoms with E-state index in [0.717, 1.165) is 12.0 Å². The van der Waals surface area contributed by atoms with Crippen molar-refractivity contribution in [3.05, 3.63) is 54.4 Å². The largest absolute Gasteiger partial charge is 0.420 e. The Hall–Kier alpha value is -2.49. The van der Waals surface area contributed by atoms with Gasteiger partial charge in [-0.25, -0.2) is 14.8 Å². The Bertz CT molecular complexity index is 875. The molecule has 0 radical (unpaired) electrons. The number of aromatic nitrogens is 2. The van der Waals surface area contributed by atoms with Crippen molar-refractivity contribution in [2.24, 2.45) is 5.41 Å². The molecular formula is C26H32N2O2. The van der Waals surface area contributed by atoms with E-state index in [2.05, 4.69) is 41.2 Å². The predicted octanol–water partition coefficient (Wildman–Crippen LogP) is 6.41. The van der Waals surface area contributed by atoms with E-state index in [4.69, 9.17) is 4.74 Å². The second kappa shape index (κ2) is 8.71. The highest BCUT2D eigenvalue weighted by atomic mass is 16.5. The van der Waals surface area contributed by atoms with Gasteiger partial charge in [-0.2, -0.15) is 0 Å². The second-order valence-corrected chi connectivity index (χ2v) is 9.08. The molecule has 0 spiro atoms. The zero-order valence-corrected chi connectivity index (χ0v) is 18.2. The number of benzene rings is 1. The van der Waals surface area contributed by atoms with Crippen LogP contribution in [0.25, 0.3) is 11.4 Å². The number of hydrogen-bond acceptors (Lipinski definition) is 4. The molecule has 3 aliphatic rings. The smallest absolute Gasteiger partial charge is 0.335 e. The molecular weight excluding hydrogens is 372 g/mol. The van der Waals surface area contributed by atoms with E-state index in [9.17, 15) is 4.79 Å². The van der Waals surface area contributed by atoms with E-state index in [1.54, 1.807) is 18.5 Å². The van der Waals surface area contributed by atoms with Crippen LogP contribution in [-0.4, -0.2) is 15.9 Å². The van der Waals surface area contributed by atoms with Crippen LogP contribution in [0.15, 0.2) is 48.8 Å². The highest BCUT2D eigenvalue weighted by molar-refractivity contribution is 5.83. The highest BCUT2D eigenvalue weighted by Crippen LogP contribution is 2.59. The summed E-state index contributed by atoms with van der Waals surface area (Å²) in [7, 11) is 0. The minimum atomic E-state index is -0.403. The number of ether oxygens (including phenoxy) is 1. The topological polar surface area (TPSA) is 52.1 Å². The first-order chi connectivity index (χ1) is 14.6. The molecule has 3 aliphatic carbocycles. The number of hydrogen-bond donors (Lipinski definition) is 0. The van der Waals surface area contributed by atoms with Gasteiger partial charge in [0.2, 0.25) is 0 Å². The van der Waals surface area contributed by atoms with Gasteiger partial charge in [-0.15, -0.1) is 0 Å². The van der Waals surface area contributed by atoms with Crippen molar-refractivity contribution in [2.75, 3.05) is 0 Å². The number of allylic oxidation sites excluding steroid dienone is 1. The molecule has 0 unspecified atom stereocenters. The summed E-state index contributed by atoms with van der Waals surface area (Å²) in [5.41, 5.74) is 3.48. The fourth-order valence-corrected chi connectivity index (χ4v) is 5.46. The molecule has 0 aliphatic heterocycles. The highest BCUT2D eigenvalue weighted by Gasteiger charge is 2.48. The van der Waals surface area contributed by atoms with E-state index < -0.39 is 5.97 Å². The molecule has 0 amide bonds. The van der Waals surface area contributed by atoms with Crippen molar-refractivity contribution < 1.29 is 9.53 Å². The van der Waals surface area contributed by atoms with Crippen LogP contribution in [-0.2, 0) is 10.2 Å². The van der Waals surface area contributed by atoms with E-state index in [-0.39, 0.29) is 0 Å². The summed E-state index contributed by atoms with van der Waals surface area (Å²) in [6.07, 6.45) is 18.0. The quantitative estimate of drug-likeness (QED) is 0.395. The maximum absolute atomic E-state index is 11.7. The summed E-state index contributed by atoms with van der Waals surface area (Å²) >= 11 is 0. The van der Waals surface area contributed by atoms with Crippen LogP contribution in [0.3, 0.4) is 0 Å². The number of esters is 1. The Morgan fingerprint density at radius 2 is 1.63 bits per heavy atom. The van der Waals surface area contributed by atoms with Gasteiger partial charge >= 0.3 is 5.97 Å². The molecule has 2 aromatic rings. The second-order valence-electron chi connectivity index (χ2n) is 9.08. The van der Waals surface area contributed by atoms with Crippen LogP contribution in [0.2, 0.25) is 0 Å². The van der Waals surface area contributed by atoms with Crippen LogP contribution >= 0.6 is 0 Å². The molecule has 3 saturated carbocycles. The third-order valence-electron chi connectivity index (χ3n) is 7.27. The summed E-state index contributed by atoms with van der Waals surface area (Å²) in [4.78, 5) is 20.4. The molecule has 5 rings (SSSR count). The van der Waals surface area contributed by atoms with E-state index >= 15 is 0 Å². The zero-order valence-electron chi connectivity index (χ0n) is 18.2. The van der Waals surface area contributed by atoms with Crippen molar-refractivity contribution in [3.63, 3.8) is 0 Å². The fraction of sp³-hybridized carbons (Fsp3) is 0.500. The van der Waals surface area contributed by atoms with Crippen molar-refractivity contribution in [1.82, 2.24) is 9.97 Å². The molecule has 3 fully saturated rings. The first kappa shape index (κ1) is 20.8. The van der Waals surface area contributed by atoms with Gasteiger partial charge in [-0.1, -0.05) is 50.6 Å². The fourth-order valence-electron chi connectivity index (χ4n) is 5.46. The van der Waals surface area contributed by atoms with E-state index in [1.165, 1.54) is 63.0 Å². The normalized spacial score (nSPS) is 25.5. The minimum Gasteiger partial charge on any atom is -0.420 e. The lowest BCUT2D eigenvalue weighted by Gasteiger charge is -2.54. The maximum atomic E-state index is 11.7. The summed E-state index contributed by atoms with van der Waals surface area (Å²) in [6, 6.07) is 8.83. The Labute approximate surface area is 179 Å². The molecule has 0 saturated heterocycles. The predicted molar refractivity (Wildman–Crippen MR) is 119 cm³/mol. The SMILES string of the molecule is CC/C=C/C(=O)Oc1cnc(-c2ccc(C34CCC(CCC)(CC3)CC4)cc2)nc1. The van der Waals surface area contributed by atoms with Gasteiger partial charge in [0.05, 0.1) is 12.4 Å². The molecule has 0 N–H and O–H groups in total. The van der Waals surface area contributed by atoms with E-state index in [1.807, 2.05) is 6.92 Å². The number of carbonyl (C=O) groups is 1. The standard InChI is InChI=1S/C26H32N2O2/c1-3-5-6-23(29)30-22-18-27-24(28-19-22)20-7-9-21(10-8-20)26-15-12-25(11-4-2,13-16-26)14-17-26/h5-10,18-19H,3-4,11-17H2,1-2H3/b6-5+. The van der Waals surface area contributed by atoms with Crippen LogP contribution < -0.4 is 4.74 Å². The first-order valence-electron chi connectivity index (χ1n) is 11.4. The van der Waals surface area contributed by atoms with Gasteiger partial charge in [-0.3, -0.25) is 0 Å². The van der Waals surface area contributed by atoms with Gasteiger partial charge in [0.1, 0.15) is 0 Å². The van der Waals surface area contributed by atoms with Crippen LogP contribution in [0.5, 0.6) is 5.75 Å². The molecule has 1 aromatic carbocycles. The molecule has 4 heteroatoms. The van der Waals surface area contributed by atoms with Crippen molar-refractivity contribution >= 4 is 5.97 Å². The van der Waals surface area contributed by atoms with Gasteiger partial charge in [0, 0.05) is 11.6 Å². The number of rotatable bonds is 7. The Kier molecular flexibility index (Phi) is 6.03. The van der Waals surface area contributed by atoms with Crippen LogP contribution in [0, 0.1) is 5.41 Å². The molecule has 4 nitrogen and oxygen atoms in total. The maximum Gasteiger partial charge on any atom is 0.335 e. The number of fused-ring (bicyclic) bond motifs is 3. The summed E-state index contributed by atoms with van der Waals surface area (Å²) in [6.45, 7) is 4.29. The zero-order chi connectivity index (χ0) is 21.0. The minimum absolute atomic E-state index is 0.361. The van der Waals surface area contributed by atoms with Crippen LogP contribution in [0.4, 0.5) is 0 Å². The van der Waals surface area contributed by atoms with E-state index in [0.29, 0.717) is 22.4 Å². The summed E-state index contributed by atoms with van der Waals surface area (Å²) in [5.74, 6) is 0.608. The van der Waals surface area contributed by atoms with Crippen molar-refractivity contribution in [3.8, 4) is 17.1 Å². The molecule has 1 aromatic heterocycles. The summed E-state index contributed by atoms with van der Waals surface area (Å²) < 4.78 is 5.21. The van der Waals surface area contributed by atoms with Crippen LogP contribution in [0.1, 0.15) is 77.2 Å². The molecule has 2 bridgehead atoms. The number of nitrogens with zero attached hydrogens (tertiary/aromatic N) is 2. The van der Waals surface area contributed by atoms with Crippen molar-refractivity contribution in [1.29, 1.82) is 0 Å². The third kappa shape index (κ3) is 4.19. The van der Waals surface area contributed by atoms with Gasteiger partial charge < -0.3 is 4.74 Å². The first-order valence-corrected chi connectivity index (χ1v) is 11.4. The van der Waals surface area contributed by atoms with Gasteiger partial charge in [0.15, 0.2) is 11.6 Å². The Morgan fingerprint density at radius 1 is 1.00 bits per heavy atom. The average molecular weight is 405 g/mol. The molecule has 0 atom stereocenters. The average Bonchev–Trinajstić information content (AvgIpc) is 2.80. The lowest BCUT2D eigenvalue weighted by molar-refractivity contribution is -0.129. The lowest BCUT2D eigenvalue weighted by Crippen LogP contribution is -2.44. The Morgan fingerprint density at radius 3 is 2.20 bits per heavy atom. The van der Waals surface area contributed by atoms with Crippen molar-refractivity contribution in [2.45, 2.75) is 77.0 Å². The monoisotopic (exact) mass is 404 g/mol. The van der Waals surface area contributed by atoms with Gasteiger partial charge in [0.25, 0.3) is 0 Å². The molecule has 158 valence electrons. The lowest BCUT2D eigenvalue weighted by atomic mass is 9.51. The number of carbonyl (C=O) groups excluding carboxylic acids is 1. The third-order valence-corrected chi connectivity index (χ3v) is 7.27. The summed E-state index contributed by atoms with van der Waals surface area (Å²) in [5, 5.41) is 0. The Balaban J connectivity index is 1.43. The van der Waals surface area contributed by atoms with Gasteiger partial charge in [-0.05, 0) is 67.8 Å². The molecule has 1 heterocycles.